The van der Waals surface area contributed by atoms with Gasteiger partial charge in [-0.2, -0.15) is 10.5 Å². The molecule has 4 atom stereocenters. The van der Waals surface area contributed by atoms with Crippen molar-refractivity contribution < 1.29 is 4.79 Å². The van der Waals surface area contributed by atoms with Crippen molar-refractivity contribution in [2.45, 2.75) is 43.4 Å². The van der Waals surface area contributed by atoms with Crippen molar-refractivity contribution in [2.24, 2.45) is 5.73 Å². The zero-order valence-electron chi connectivity index (χ0n) is 15.8. The van der Waals surface area contributed by atoms with Crippen LogP contribution in [0, 0.1) is 22.7 Å². The first kappa shape index (κ1) is 18.5. The van der Waals surface area contributed by atoms with E-state index >= 15 is 0 Å². The Morgan fingerprint density at radius 3 is 2.93 bits per heavy atom. The molecular formula is C21H24N6O. The molecule has 2 N–H and O–H groups in total. The molecule has 1 aromatic carbocycles. The van der Waals surface area contributed by atoms with Crippen LogP contribution in [0.25, 0.3) is 0 Å². The van der Waals surface area contributed by atoms with Gasteiger partial charge in [0.2, 0.25) is 5.91 Å². The van der Waals surface area contributed by atoms with Crippen LogP contribution < -0.4 is 10.6 Å². The first-order valence-electron chi connectivity index (χ1n) is 9.71. The Balaban J connectivity index is 1.42. The van der Waals surface area contributed by atoms with Crippen LogP contribution in [0.2, 0.25) is 0 Å². The summed E-state index contributed by atoms with van der Waals surface area (Å²) >= 11 is 0. The van der Waals surface area contributed by atoms with Gasteiger partial charge in [-0.3, -0.25) is 9.69 Å². The fraction of sp³-hybridized carbons (Fsp3) is 0.476. The minimum absolute atomic E-state index is 0.0697. The maximum Gasteiger partial charge on any atom is 0.244 e. The van der Waals surface area contributed by atoms with E-state index in [4.69, 9.17) is 11.0 Å². The number of carbonyl (C=O) groups excluding carboxylic acids is 1. The third kappa shape index (κ3) is 3.03. The number of amides is 1. The van der Waals surface area contributed by atoms with Gasteiger partial charge in [-0.05, 0) is 37.5 Å². The zero-order valence-corrected chi connectivity index (χ0v) is 15.8. The lowest BCUT2D eigenvalue weighted by Gasteiger charge is -2.36. The van der Waals surface area contributed by atoms with Gasteiger partial charge in [-0.1, -0.05) is 12.6 Å². The van der Waals surface area contributed by atoms with E-state index in [0.29, 0.717) is 12.1 Å². The summed E-state index contributed by atoms with van der Waals surface area (Å²) in [5.74, 6) is 0.0697. The van der Waals surface area contributed by atoms with E-state index in [2.05, 4.69) is 23.6 Å². The number of carbonyl (C=O) groups is 1. The Hall–Kier alpha value is -2.87. The number of anilines is 1. The molecule has 4 rings (SSSR count). The molecule has 3 aliphatic heterocycles. The number of fused-ring (bicyclic) bond motifs is 2. The highest BCUT2D eigenvalue weighted by Crippen LogP contribution is 2.36. The predicted octanol–water partition coefficient (Wildman–Crippen LogP) is 1.18. The van der Waals surface area contributed by atoms with E-state index in [1.165, 1.54) is 0 Å². The number of benzene rings is 1. The molecule has 1 amide bonds. The molecule has 0 aliphatic carbocycles. The average molecular weight is 376 g/mol. The van der Waals surface area contributed by atoms with Crippen LogP contribution in [-0.2, 0) is 4.79 Å². The second-order valence-corrected chi connectivity index (χ2v) is 7.81. The molecule has 0 saturated carbocycles. The molecule has 1 aromatic rings. The zero-order chi connectivity index (χ0) is 19.8. The molecule has 3 fully saturated rings. The lowest BCUT2D eigenvalue weighted by molar-refractivity contribution is -0.122. The monoisotopic (exact) mass is 376 g/mol. The van der Waals surface area contributed by atoms with Crippen LogP contribution in [0.5, 0.6) is 0 Å². The summed E-state index contributed by atoms with van der Waals surface area (Å²) in [5, 5.41) is 18.4. The molecule has 3 saturated heterocycles. The summed E-state index contributed by atoms with van der Waals surface area (Å²) in [6, 6.07) is 11.1. The van der Waals surface area contributed by atoms with Crippen molar-refractivity contribution in [3.63, 3.8) is 0 Å². The molecule has 0 radical (unpaired) electrons. The van der Waals surface area contributed by atoms with Gasteiger partial charge < -0.3 is 15.5 Å². The number of nitrogens with zero attached hydrogens (tertiary/aromatic N) is 5. The van der Waals surface area contributed by atoms with Crippen LogP contribution in [0.4, 0.5) is 5.69 Å². The molecular weight excluding hydrogens is 352 g/mol. The lowest BCUT2D eigenvalue weighted by atomic mass is 10.1. The van der Waals surface area contributed by atoms with E-state index in [9.17, 15) is 10.1 Å². The normalized spacial score (nSPS) is 27.7. The van der Waals surface area contributed by atoms with Crippen molar-refractivity contribution in [1.29, 1.82) is 10.5 Å². The maximum atomic E-state index is 13.0. The third-order valence-corrected chi connectivity index (χ3v) is 6.15. The van der Waals surface area contributed by atoms with Crippen molar-refractivity contribution in [3.05, 3.63) is 42.1 Å². The maximum absolute atomic E-state index is 13.0. The second-order valence-electron chi connectivity index (χ2n) is 7.81. The minimum Gasteiger partial charge on any atom is -0.358 e. The largest absolute Gasteiger partial charge is 0.358 e. The summed E-state index contributed by atoms with van der Waals surface area (Å²) in [6.07, 6.45) is 2.61. The first-order valence-corrected chi connectivity index (χ1v) is 9.71. The van der Waals surface area contributed by atoms with Gasteiger partial charge in [0.15, 0.2) is 0 Å². The number of hydrogen-bond acceptors (Lipinski definition) is 6. The number of likely N-dealkylation sites (tertiary alicyclic amines) is 2. The van der Waals surface area contributed by atoms with Gasteiger partial charge in [0.05, 0.1) is 35.8 Å². The van der Waals surface area contributed by atoms with Gasteiger partial charge in [0, 0.05) is 31.0 Å². The summed E-state index contributed by atoms with van der Waals surface area (Å²) < 4.78 is 0. The minimum atomic E-state index is -0.295. The third-order valence-electron chi connectivity index (χ3n) is 6.15. The molecule has 0 aromatic heterocycles. The predicted molar refractivity (Wildman–Crippen MR) is 105 cm³/mol. The van der Waals surface area contributed by atoms with Gasteiger partial charge in [-0.15, -0.1) is 0 Å². The van der Waals surface area contributed by atoms with E-state index in [1.807, 2.05) is 21.9 Å². The first-order chi connectivity index (χ1) is 13.5. The number of nitriles is 2. The van der Waals surface area contributed by atoms with Gasteiger partial charge in [0.1, 0.15) is 6.04 Å². The molecule has 0 spiro atoms. The average Bonchev–Trinajstić information content (AvgIpc) is 3.41. The number of rotatable bonds is 5. The lowest BCUT2D eigenvalue weighted by Crippen LogP contribution is -2.54. The van der Waals surface area contributed by atoms with E-state index < -0.39 is 0 Å². The van der Waals surface area contributed by atoms with Crippen molar-refractivity contribution >= 4 is 11.6 Å². The Bertz CT molecular complexity index is 884. The van der Waals surface area contributed by atoms with E-state index in [1.54, 1.807) is 12.1 Å². The fourth-order valence-corrected chi connectivity index (χ4v) is 4.74. The Labute approximate surface area is 165 Å². The van der Waals surface area contributed by atoms with E-state index in [0.717, 1.165) is 43.7 Å². The molecule has 3 aliphatic rings. The Morgan fingerprint density at radius 2 is 2.21 bits per heavy atom. The molecule has 3 unspecified atom stereocenters. The fourth-order valence-electron chi connectivity index (χ4n) is 4.74. The molecule has 144 valence electrons. The SMILES string of the molecule is C=C(C(N)CN1C[C@@H]2CC1C(=O)N2c1cccc(C#N)c1)N1CCCC1C#N. The van der Waals surface area contributed by atoms with Crippen LogP contribution in [-0.4, -0.2) is 59.5 Å². The van der Waals surface area contributed by atoms with Gasteiger partial charge in [0.25, 0.3) is 0 Å². The highest BCUT2D eigenvalue weighted by molar-refractivity contribution is 6.01. The highest BCUT2D eigenvalue weighted by Gasteiger charge is 2.50. The smallest absolute Gasteiger partial charge is 0.244 e. The second kappa shape index (κ2) is 7.27. The van der Waals surface area contributed by atoms with Crippen LogP contribution in [0.15, 0.2) is 36.5 Å². The Morgan fingerprint density at radius 1 is 1.39 bits per heavy atom. The van der Waals surface area contributed by atoms with E-state index in [-0.39, 0.29) is 30.1 Å². The molecule has 2 bridgehead atoms. The summed E-state index contributed by atoms with van der Waals surface area (Å²) in [4.78, 5) is 19.0. The summed E-state index contributed by atoms with van der Waals surface area (Å²) in [7, 11) is 0. The standard InChI is InChI=1S/C21H24N6O/c1-14(26-7-3-6-17(26)11-23)19(24)13-25-12-18-9-20(25)21(28)27(18)16-5-2-4-15(8-16)10-22/h2,4-5,8,17-20H,1,3,6-7,9,12-13,24H2/t17?,18-,19?,20?/m0/s1. The van der Waals surface area contributed by atoms with Crippen molar-refractivity contribution in [3.8, 4) is 12.1 Å². The van der Waals surface area contributed by atoms with Crippen LogP contribution in [0.3, 0.4) is 0 Å². The topological polar surface area (TPSA) is 100 Å². The number of nitrogens with two attached hydrogens (primary N) is 1. The van der Waals surface area contributed by atoms with Gasteiger partial charge >= 0.3 is 0 Å². The van der Waals surface area contributed by atoms with Gasteiger partial charge in [-0.25, -0.2) is 0 Å². The Kier molecular flexibility index (Phi) is 4.80. The molecule has 7 heteroatoms. The molecule has 28 heavy (non-hydrogen) atoms. The van der Waals surface area contributed by atoms with Crippen molar-refractivity contribution in [1.82, 2.24) is 9.80 Å². The molecule has 7 nitrogen and oxygen atoms in total. The van der Waals surface area contributed by atoms with Crippen molar-refractivity contribution in [2.75, 3.05) is 24.5 Å². The summed E-state index contributed by atoms with van der Waals surface area (Å²) in [6.45, 7) is 6.28. The quantitative estimate of drug-likeness (QED) is 0.828. The highest BCUT2D eigenvalue weighted by atomic mass is 16.2. The number of hydrogen-bond donors (Lipinski definition) is 1. The van der Waals surface area contributed by atoms with Crippen LogP contribution in [0.1, 0.15) is 24.8 Å². The van der Waals surface area contributed by atoms with Crippen LogP contribution >= 0.6 is 0 Å². The molecule has 3 heterocycles. The summed E-state index contributed by atoms with van der Waals surface area (Å²) in [5.41, 5.74) is 8.54. The number of piperazine rings is 1.